The van der Waals surface area contributed by atoms with E-state index in [0.29, 0.717) is 5.02 Å². The van der Waals surface area contributed by atoms with Crippen LogP contribution in [0.1, 0.15) is 18.1 Å². The number of pyridine rings is 1. The minimum atomic E-state index is 0.715. The van der Waals surface area contributed by atoms with Crippen molar-refractivity contribution in [2.75, 3.05) is 6.54 Å². The van der Waals surface area contributed by atoms with Gasteiger partial charge >= 0.3 is 0 Å². The maximum atomic E-state index is 5.95. The summed E-state index contributed by atoms with van der Waals surface area (Å²) in [6.07, 6.45) is 3.55. The average Bonchev–Trinajstić information content (AvgIpc) is 2.41. The minimum absolute atomic E-state index is 0.715. The Morgan fingerprint density at radius 1 is 1.26 bits per heavy atom. The topological polar surface area (TPSA) is 34.2 Å². The predicted molar refractivity (Wildman–Crippen MR) is 77.9 cm³/mol. The third kappa shape index (κ3) is 3.69. The second kappa shape index (κ2) is 6.55. The first-order valence-electron chi connectivity index (χ1n) is 6.28. The fraction of sp³-hybridized carbons (Fsp3) is 0.267. The van der Waals surface area contributed by atoms with Crippen LogP contribution in [0.25, 0.3) is 0 Å². The Kier molecular flexibility index (Phi) is 4.77. The molecule has 4 heteroatoms. The molecule has 1 aromatic carbocycles. The fourth-order valence-electron chi connectivity index (χ4n) is 1.75. The molecule has 0 aliphatic carbocycles. The monoisotopic (exact) mass is 276 g/mol. The molecule has 1 heterocycles. The number of nitrogens with zero attached hydrogens (tertiary/aromatic N) is 1. The third-order valence-corrected chi connectivity index (χ3v) is 3.02. The van der Waals surface area contributed by atoms with Gasteiger partial charge in [-0.2, -0.15) is 0 Å². The number of halogens is 1. The number of aryl methyl sites for hydroxylation is 1. The van der Waals surface area contributed by atoms with E-state index < -0.39 is 0 Å². The zero-order valence-electron chi connectivity index (χ0n) is 11.1. The smallest absolute Gasteiger partial charge is 0.135 e. The average molecular weight is 277 g/mol. The van der Waals surface area contributed by atoms with Crippen molar-refractivity contribution in [3.8, 4) is 11.5 Å². The predicted octanol–water partition coefficient (Wildman–Crippen LogP) is 3.95. The Hall–Kier alpha value is -1.58. The summed E-state index contributed by atoms with van der Waals surface area (Å²) < 4.78 is 5.95. The molecular weight excluding hydrogens is 260 g/mol. The van der Waals surface area contributed by atoms with E-state index in [1.54, 1.807) is 6.20 Å². The van der Waals surface area contributed by atoms with E-state index >= 15 is 0 Å². The molecule has 0 saturated carbocycles. The van der Waals surface area contributed by atoms with Crippen molar-refractivity contribution in [1.29, 1.82) is 0 Å². The molecule has 0 unspecified atom stereocenters. The van der Waals surface area contributed by atoms with Gasteiger partial charge in [-0.05, 0) is 43.3 Å². The van der Waals surface area contributed by atoms with Crippen LogP contribution in [-0.2, 0) is 6.54 Å². The van der Waals surface area contributed by atoms with Crippen molar-refractivity contribution in [3.63, 3.8) is 0 Å². The van der Waals surface area contributed by atoms with E-state index in [0.717, 1.165) is 35.7 Å². The largest absolute Gasteiger partial charge is 0.457 e. The van der Waals surface area contributed by atoms with Gasteiger partial charge in [-0.3, -0.25) is 4.98 Å². The molecule has 0 radical (unpaired) electrons. The van der Waals surface area contributed by atoms with Gasteiger partial charge in [0.2, 0.25) is 0 Å². The summed E-state index contributed by atoms with van der Waals surface area (Å²) in [5.41, 5.74) is 2.05. The van der Waals surface area contributed by atoms with Crippen LogP contribution < -0.4 is 10.1 Å². The first-order chi connectivity index (χ1) is 9.20. The number of hydrogen-bond acceptors (Lipinski definition) is 3. The molecule has 2 rings (SSSR count). The Labute approximate surface area is 118 Å². The quantitative estimate of drug-likeness (QED) is 0.898. The van der Waals surface area contributed by atoms with E-state index in [-0.39, 0.29) is 0 Å². The molecule has 2 aromatic rings. The highest BCUT2D eigenvalue weighted by atomic mass is 35.5. The van der Waals surface area contributed by atoms with Crippen LogP contribution in [0, 0.1) is 6.92 Å². The molecule has 1 N–H and O–H groups in total. The first-order valence-corrected chi connectivity index (χ1v) is 6.66. The summed E-state index contributed by atoms with van der Waals surface area (Å²) in [6, 6.07) is 7.48. The molecule has 0 saturated heterocycles. The van der Waals surface area contributed by atoms with Crippen molar-refractivity contribution in [3.05, 3.63) is 52.8 Å². The van der Waals surface area contributed by atoms with E-state index in [1.165, 1.54) is 0 Å². The van der Waals surface area contributed by atoms with Crippen molar-refractivity contribution in [2.45, 2.75) is 20.4 Å². The van der Waals surface area contributed by atoms with Crippen LogP contribution in [0.4, 0.5) is 0 Å². The van der Waals surface area contributed by atoms with Gasteiger partial charge in [-0.15, -0.1) is 0 Å². The molecule has 0 bridgehead atoms. The Morgan fingerprint density at radius 3 is 2.84 bits per heavy atom. The van der Waals surface area contributed by atoms with Gasteiger partial charge in [0.15, 0.2) is 0 Å². The zero-order valence-corrected chi connectivity index (χ0v) is 11.9. The van der Waals surface area contributed by atoms with Crippen LogP contribution in [0.5, 0.6) is 11.5 Å². The number of aromatic nitrogens is 1. The molecule has 19 heavy (non-hydrogen) atoms. The van der Waals surface area contributed by atoms with Gasteiger partial charge in [0.25, 0.3) is 0 Å². The normalized spacial score (nSPS) is 10.5. The van der Waals surface area contributed by atoms with Gasteiger partial charge in [-0.1, -0.05) is 18.5 Å². The van der Waals surface area contributed by atoms with Crippen LogP contribution in [0.3, 0.4) is 0 Å². The van der Waals surface area contributed by atoms with Crippen LogP contribution in [0.2, 0.25) is 5.02 Å². The Balaban J connectivity index is 2.22. The summed E-state index contributed by atoms with van der Waals surface area (Å²) in [7, 11) is 0. The van der Waals surface area contributed by atoms with Crippen LogP contribution in [-0.4, -0.2) is 11.5 Å². The summed E-state index contributed by atoms with van der Waals surface area (Å²) in [5.74, 6) is 1.63. The van der Waals surface area contributed by atoms with Gasteiger partial charge < -0.3 is 10.1 Å². The Morgan fingerprint density at radius 2 is 2.11 bits per heavy atom. The lowest BCUT2D eigenvalue weighted by Gasteiger charge is -2.12. The molecule has 0 fully saturated rings. The molecule has 1 aromatic heterocycles. The fourth-order valence-corrected chi connectivity index (χ4v) is 1.98. The molecule has 0 aliphatic rings. The lowest BCUT2D eigenvalue weighted by Crippen LogP contribution is -2.12. The molecule has 3 nitrogen and oxygen atoms in total. The van der Waals surface area contributed by atoms with Gasteiger partial charge in [-0.25, -0.2) is 0 Å². The van der Waals surface area contributed by atoms with Gasteiger partial charge in [0.05, 0.1) is 0 Å². The molecule has 100 valence electrons. The molecule has 0 amide bonds. The summed E-state index contributed by atoms with van der Waals surface area (Å²) in [4.78, 5) is 4.14. The maximum Gasteiger partial charge on any atom is 0.135 e. The van der Waals surface area contributed by atoms with Gasteiger partial charge in [0, 0.05) is 29.5 Å². The van der Waals surface area contributed by atoms with Crippen LogP contribution in [0.15, 0.2) is 36.7 Å². The number of rotatable bonds is 5. The summed E-state index contributed by atoms with van der Waals surface area (Å²) >= 11 is 5.94. The van der Waals surface area contributed by atoms with E-state index in [2.05, 4.69) is 17.2 Å². The number of ether oxygens (including phenoxy) is 1. The highest BCUT2D eigenvalue weighted by molar-refractivity contribution is 6.30. The minimum Gasteiger partial charge on any atom is -0.457 e. The van der Waals surface area contributed by atoms with Crippen molar-refractivity contribution >= 4 is 11.6 Å². The van der Waals surface area contributed by atoms with Crippen LogP contribution >= 0.6 is 11.6 Å². The zero-order chi connectivity index (χ0) is 13.7. The number of benzene rings is 1. The van der Waals surface area contributed by atoms with E-state index in [9.17, 15) is 0 Å². The second-order valence-electron chi connectivity index (χ2n) is 4.28. The number of nitrogens with one attached hydrogen (secondary N) is 1. The van der Waals surface area contributed by atoms with Crippen molar-refractivity contribution in [2.24, 2.45) is 0 Å². The first kappa shape index (κ1) is 13.8. The highest BCUT2D eigenvalue weighted by Crippen LogP contribution is 2.29. The van der Waals surface area contributed by atoms with E-state index in [1.807, 2.05) is 37.4 Å². The van der Waals surface area contributed by atoms with Crippen molar-refractivity contribution < 1.29 is 4.74 Å². The maximum absolute atomic E-state index is 5.95. The van der Waals surface area contributed by atoms with E-state index in [4.69, 9.17) is 16.3 Å². The summed E-state index contributed by atoms with van der Waals surface area (Å²) in [6.45, 7) is 5.70. The second-order valence-corrected chi connectivity index (χ2v) is 4.71. The molecule has 0 spiro atoms. The highest BCUT2D eigenvalue weighted by Gasteiger charge is 2.07. The molecule has 0 aliphatic heterocycles. The Bertz CT molecular complexity index is 558. The van der Waals surface area contributed by atoms with Crippen molar-refractivity contribution in [1.82, 2.24) is 10.3 Å². The molecular formula is C15H17ClN2O. The molecule has 0 atom stereocenters. The third-order valence-electron chi connectivity index (χ3n) is 2.78. The SMILES string of the molecule is CCNCc1cnccc1Oc1ccc(Cl)cc1C. The lowest BCUT2D eigenvalue weighted by molar-refractivity contribution is 0.469. The standard InChI is InChI=1S/C15H17ClN2O/c1-3-17-9-12-10-18-7-6-15(12)19-14-5-4-13(16)8-11(14)2/h4-8,10,17H,3,9H2,1-2H3. The lowest BCUT2D eigenvalue weighted by atomic mass is 10.2. The number of hydrogen-bond donors (Lipinski definition) is 1. The van der Waals surface area contributed by atoms with Gasteiger partial charge in [0.1, 0.15) is 11.5 Å². The summed E-state index contributed by atoms with van der Waals surface area (Å²) in [5, 5.41) is 3.99.